The Balaban J connectivity index is 1.53. The summed E-state index contributed by atoms with van der Waals surface area (Å²) in [6.07, 6.45) is 4.68. The molecule has 1 aromatic carbocycles. The molecule has 0 spiro atoms. The van der Waals surface area contributed by atoms with Gasteiger partial charge < -0.3 is 14.8 Å². The molecule has 6 nitrogen and oxygen atoms in total. The van der Waals surface area contributed by atoms with Crippen LogP contribution in [0.5, 0.6) is 0 Å². The van der Waals surface area contributed by atoms with Crippen LogP contribution < -0.4 is 10.2 Å². The minimum Gasteiger partial charge on any atom is -0.359 e. The van der Waals surface area contributed by atoms with E-state index in [1.807, 2.05) is 55.1 Å². The van der Waals surface area contributed by atoms with Crippen molar-refractivity contribution < 1.29 is 4.79 Å². The molecule has 26 heavy (non-hydrogen) atoms. The number of benzene rings is 1. The summed E-state index contributed by atoms with van der Waals surface area (Å²) in [4.78, 5) is 23.5. The molecule has 1 N–H and O–H groups in total. The molecule has 0 aliphatic carbocycles. The Morgan fingerprint density at radius 2 is 2.08 bits per heavy atom. The van der Waals surface area contributed by atoms with Crippen LogP contribution in [0.3, 0.4) is 0 Å². The van der Waals surface area contributed by atoms with Crippen LogP contribution in [0.4, 0.5) is 5.82 Å². The first-order chi connectivity index (χ1) is 12.6. The molecule has 3 aromatic rings. The number of fused-ring (bicyclic) bond motifs is 1. The molecule has 3 heterocycles. The first kappa shape index (κ1) is 16.3. The standard InChI is InChI=1S/C20H21N5O/c1-14-21-10-12-25(14)18-6-4-3-5-16(18)13-22-20(26)17-8-7-15-9-11-24(2)19(15)23-17/h3-8,10,12H,9,11,13H2,1-2H3,(H,22,26). The molecule has 0 bridgehead atoms. The molecule has 1 aliphatic rings. The Morgan fingerprint density at radius 1 is 1.23 bits per heavy atom. The van der Waals surface area contributed by atoms with Crippen LogP contribution in [0, 0.1) is 6.92 Å². The van der Waals surface area contributed by atoms with E-state index in [-0.39, 0.29) is 5.91 Å². The maximum absolute atomic E-state index is 12.6. The number of amides is 1. The molecule has 1 amide bonds. The van der Waals surface area contributed by atoms with Crippen molar-refractivity contribution in [1.29, 1.82) is 0 Å². The third kappa shape index (κ3) is 2.94. The highest BCUT2D eigenvalue weighted by Crippen LogP contribution is 2.24. The van der Waals surface area contributed by atoms with Crippen LogP contribution >= 0.6 is 0 Å². The second kappa shape index (κ2) is 6.63. The molecule has 6 heteroatoms. The fraction of sp³-hybridized carbons (Fsp3) is 0.250. The molecule has 2 aromatic heterocycles. The van der Waals surface area contributed by atoms with Crippen molar-refractivity contribution >= 4 is 11.7 Å². The minimum absolute atomic E-state index is 0.162. The zero-order valence-corrected chi connectivity index (χ0v) is 14.9. The van der Waals surface area contributed by atoms with Crippen LogP contribution in [0.1, 0.15) is 27.4 Å². The molecule has 0 saturated carbocycles. The van der Waals surface area contributed by atoms with E-state index >= 15 is 0 Å². The summed E-state index contributed by atoms with van der Waals surface area (Å²) in [6.45, 7) is 3.34. The summed E-state index contributed by atoms with van der Waals surface area (Å²) in [6, 6.07) is 11.8. The van der Waals surface area contributed by atoms with Crippen LogP contribution in [0.15, 0.2) is 48.8 Å². The summed E-state index contributed by atoms with van der Waals surface area (Å²) < 4.78 is 2.02. The predicted molar refractivity (Wildman–Crippen MR) is 101 cm³/mol. The summed E-state index contributed by atoms with van der Waals surface area (Å²) in [5, 5.41) is 2.99. The van der Waals surface area contributed by atoms with E-state index in [0.29, 0.717) is 12.2 Å². The lowest BCUT2D eigenvalue weighted by Crippen LogP contribution is -2.25. The molecule has 0 fully saturated rings. The number of carbonyl (C=O) groups excluding carboxylic acids is 1. The van der Waals surface area contributed by atoms with Crippen molar-refractivity contribution in [2.24, 2.45) is 0 Å². The maximum Gasteiger partial charge on any atom is 0.270 e. The average molecular weight is 347 g/mol. The Bertz CT molecular complexity index is 962. The number of hydrogen-bond acceptors (Lipinski definition) is 4. The average Bonchev–Trinajstić information content (AvgIpc) is 3.25. The number of aromatic nitrogens is 3. The lowest BCUT2D eigenvalue weighted by atomic mass is 10.1. The van der Waals surface area contributed by atoms with E-state index in [9.17, 15) is 4.79 Å². The number of nitrogens with one attached hydrogen (secondary N) is 1. The van der Waals surface area contributed by atoms with Gasteiger partial charge in [0, 0.05) is 32.5 Å². The monoisotopic (exact) mass is 347 g/mol. The highest BCUT2D eigenvalue weighted by molar-refractivity contribution is 5.92. The van der Waals surface area contributed by atoms with Gasteiger partial charge in [0.25, 0.3) is 5.91 Å². The molecule has 0 radical (unpaired) electrons. The fourth-order valence-electron chi connectivity index (χ4n) is 3.32. The van der Waals surface area contributed by atoms with Crippen LogP contribution in [0.25, 0.3) is 5.69 Å². The maximum atomic E-state index is 12.6. The molecule has 0 saturated heterocycles. The van der Waals surface area contributed by atoms with Crippen LogP contribution in [-0.2, 0) is 13.0 Å². The molecule has 4 rings (SSSR count). The number of aryl methyl sites for hydroxylation is 1. The number of para-hydroxylation sites is 1. The number of anilines is 1. The molecule has 0 atom stereocenters. The molecular weight excluding hydrogens is 326 g/mol. The zero-order valence-electron chi connectivity index (χ0n) is 14.9. The zero-order chi connectivity index (χ0) is 18.1. The van der Waals surface area contributed by atoms with E-state index < -0.39 is 0 Å². The van der Waals surface area contributed by atoms with Gasteiger partial charge in [-0.25, -0.2) is 9.97 Å². The topological polar surface area (TPSA) is 63.1 Å². The summed E-state index contributed by atoms with van der Waals surface area (Å²) in [7, 11) is 2.00. The number of imidazole rings is 1. The molecule has 132 valence electrons. The summed E-state index contributed by atoms with van der Waals surface area (Å²) >= 11 is 0. The van der Waals surface area contributed by atoms with Crippen molar-refractivity contribution in [2.75, 3.05) is 18.5 Å². The number of hydrogen-bond donors (Lipinski definition) is 1. The molecular formula is C20H21N5O. The quantitative estimate of drug-likeness (QED) is 0.788. The number of carbonyl (C=O) groups is 1. The molecule has 1 aliphatic heterocycles. The minimum atomic E-state index is -0.162. The van der Waals surface area contributed by atoms with Crippen LogP contribution in [0.2, 0.25) is 0 Å². The Labute approximate surface area is 152 Å². The van der Waals surface area contributed by atoms with Crippen molar-refractivity contribution in [1.82, 2.24) is 19.9 Å². The summed E-state index contributed by atoms with van der Waals surface area (Å²) in [5.74, 6) is 1.66. The van der Waals surface area contributed by atoms with Crippen LogP contribution in [-0.4, -0.2) is 34.0 Å². The smallest absolute Gasteiger partial charge is 0.270 e. The Kier molecular flexibility index (Phi) is 4.16. The number of likely N-dealkylation sites (N-methyl/N-ethyl adjacent to an activating group) is 1. The number of rotatable bonds is 4. The van der Waals surface area contributed by atoms with Gasteiger partial charge in [-0.2, -0.15) is 0 Å². The van der Waals surface area contributed by atoms with Gasteiger partial charge in [-0.15, -0.1) is 0 Å². The van der Waals surface area contributed by atoms with E-state index in [1.165, 1.54) is 5.56 Å². The normalized spacial score (nSPS) is 12.9. The van der Waals surface area contributed by atoms with Gasteiger partial charge in [-0.3, -0.25) is 4.79 Å². The van der Waals surface area contributed by atoms with Crippen molar-refractivity contribution in [2.45, 2.75) is 19.9 Å². The number of pyridine rings is 1. The second-order valence-electron chi connectivity index (χ2n) is 6.51. The van der Waals surface area contributed by atoms with Gasteiger partial charge in [0.1, 0.15) is 17.3 Å². The number of nitrogens with zero attached hydrogens (tertiary/aromatic N) is 4. The van der Waals surface area contributed by atoms with Gasteiger partial charge in [-0.05, 0) is 36.6 Å². The van der Waals surface area contributed by atoms with Crippen molar-refractivity contribution in [3.05, 3.63) is 71.4 Å². The van der Waals surface area contributed by atoms with Crippen molar-refractivity contribution in [3.8, 4) is 5.69 Å². The fourth-order valence-corrected chi connectivity index (χ4v) is 3.32. The first-order valence-electron chi connectivity index (χ1n) is 8.71. The van der Waals surface area contributed by atoms with Gasteiger partial charge in [0.05, 0.1) is 5.69 Å². The SMILES string of the molecule is Cc1nccn1-c1ccccc1CNC(=O)c1ccc2c(n1)N(C)CC2. The third-order valence-corrected chi connectivity index (χ3v) is 4.78. The third-order valence-electron chi connectivity index (χ3n) is 4.78. The van der Waals surface area contributed by atoms with E-state index in [2.05, 4.69) is 20.2 Å². The lowest BCUT2D eigenvalue weighted by molar-refractivity contribution is 0.0946. The van der Waals surface area contributed by atoms with Gasteiger partial charge in [-0.1, -0.05) is 24.3 Å². The highest BCUT2D eigenvalue weighted by Gasteiger charge is 2.19. The highest BCUT2D eigenvalue weighted by atomic mass is 16.1. The van der Waals surface area contributed by atoms with E-state index in [0.717, 1.165) is 35.9 Å². The molecule has 0 unspecified atom stereocenters. The summed E-state index contributed by atoms with van der Waals surface area (Å²) in [5.41, 5.74) is 3.70. The van der Waals surface area contributed by atoms with E-state index in [1.54, 1.807) is 12.3 Å². The first-order valence-corrected chi connectivity index (χ1v) is 8.71. The van der Waals surface area contributed by atoms with Gasteiger partial charge in [0.2, 0.25) is 0 Å². The largest absolute Gasteiger partial charge is 0.359 e. The van der Waals surface area contributed by atoms with Crippen molar-refractivity contribution in [3.63, 3.8) is 0 Å². The van der Waals surface area contributed by atoms with E-state index in [4.69, 9.17) is 0 Å². The Hall–Kier alpha value is -3.15. The predicted octanol–water partition coefficient (Wildman–Crippen LogP) is 2.50. The van der Waals surface area contributed by atoms with Gasteiger partial charge >= 0.3 is 0 Å². The second-order valence-corrected chi connectivity index (χ2v) is 6.51. The lowest BCUT2D eigenvalue weighted by Gasteiger charge is -2.14. The Morgan fingerprint density at radius 3 is 2.88 bits per heavy atom. The van der Waals surface area contributed by atoms with Gasteiger partial charge in [0.15, 0.2) is 0 Å².